The highest BCUT2D eigenvalue weighted by Gasteiger charge is 2.26. The SMILES string of the molecule is Cc1nc(CN2CCC[C@@H]2Cn2cncn2)no1. The third-order valence-corrected chi connectivity index (χ3v) is 3.28. The van der Waals surface area contributed by atoms with Crippen LogP contribution in [0.5, 0.6) is 0 Å². The van der Waals surface area contributed by atoms with E-state index in [1.165, 1.54) is 12.8 Å². The fourth-order valence-electron chi connectivity index (χ4n) is 2.44. The zero-order chi connectivity index (χ0) is 12.4. The van der Waals surface area contributed by atoms with E-state index in [-0.39, 0.29) is 0 Å². The molecular weight excluding hydrogens is 232 g/mol. The first-order valence-corrected chi connectivity index (χ1v) is 6.17. The van der Waals surface area contributed by atoms with Crippen LogP contribution in [0, 0.1) is 6.92 Å². The van der Waals surface area contributed by atoms with Gasteiger partial charge in [-0.05, 0) is 19.4 Å². The Bertz CT molecular complexity index is 493. The predicted octanol–water partition coefficient (Wildman–Crippen LogP) is 0.634. The summed E-state index contributed by atoms with van der Waals surface area (Å²) >= 11 is 0. The maximum atomic E-state index is 5.00. The van der Waals surface area contributed by atoms with E-state index in [2.05, 4.69) is 25.1 Å². The van der Waals surface area contributed by atoms with Gasteiger partial charge in [0.25, 0.3) is 0 Å². The Hall–Kier alpha value is -1.76. The fourth-order valence-corrected chi connectivity index (χ4v) is 2.44. The minimum Gasteiger partial charge on any atom is -0.340 e. The molecule has 7 nitrogen and oxygen atoms in total. The molecule has 0 unspecified atom stereocenters. The number of aromatic nitrogens is 5. The van der Waals surface area contributed by atoms with Crippen molar-refractivity contribution in [1.82, 2.24) is 29.8 Å². The topological polar surface area (TPSA) is 72.9 Å². The average Bonchev–Trinajstić information content (AvgIpc) is 3.05. The molecule has 0 spiro atoms. The molecule has 1 aliphatic heterocycles. The lowest BCUT2D eigenvalue weighted by atomic mass is 10.2. The van der Waals surface area contributed by atoms with E-state index in [4.69, 9.17) is 4.52 Å². The summed E-state index contributed by atoms with van der Waals surface area (Å²) in [7, 11) is 0. The molecule has 0 N–H and O–H groups in total. The van der Waals surface area contributed by atoms with Crippen LogP contribution in [-0.4, -0.2) is 42.4 Å². The number of rotatable bonds is 4. The molecule has 18 heavy (non-hydrogen) atoms. The molecule has 7 heteroatoms. The highest BCUT2D eigenvalue weighted by molar-refractivity contribution is 4.88. The number of hydrogen-bond acceptors (Lipinski definition) is 6. The molecule has 1 atom stereocenters. The smallest absolute Gasteiger partial charge is 0.223 e. The van der Waals surface area contributed by atoms with Gasteiger partial charge in [-0.1, -0.05) is 5.16 Å². The van der Waals surface area contributed by atoms with Gasteiger partial charge >= 0.3 is 0 Å². The second kappa shape index (κ2) is 4.85. The quantitative estimate of drug-likeness (QED) is 0.790. The molecule has 0 bridgehead atoms. The van der Waals surface area contributed by atoms with E-state index < -0.39 is 0 Å². The summed E-state index contributed by atoms with van der Waals surface area (Å²) in [4.78, 5) is 10.6. The van der Waals surface area contributed by atoms with E-state index in [1.807, 2.05) is 11.6 Å². The van der Waals surface area contributed by atoms with Gasteiger partial charge in [-0.2, -0.15) is 10.1 Å². The molecule has 96 valence electrons. The Balaban J connectivity index is 1.64. The molecule has 2 aromatic rings. The summed E-state index contributed by atoms with van der Waals surface area (Å²) < 4.78 is 6.88. The zero-order valence-electron chi connectivity index (χ0n) is 10.4. The van der Waals surface area contributed by atoms with Gasteiger partial charge in [-0.15, -0.1) is 0 Å². The Labute approximate surface area is 105 Å². The lowest BCUT2D eigenvalue weighted by Gasteiger charge is -2.22. The molecule has 0 radical (unpaired) electrons. The van der Waals surface area contributed by atoms with Gasteiger partial charge in [0.2, 0.25) is 5.89 Å². The van der Waals surface area contributed by atoms with Crippen LogP contribution in [0.4, 0.5) is 0 Å². The first kappa shape index (κ1) is 11.3. The predicted molar refractivity (Wildman–Crippen MR) is 62.5 cm³/mol. The van der Waals surface area contributed by atoms with Crippen molar-refractivity contribution in [2.75, 3.05) is 6.54 Å². The second-order valence-corrected chi connectivity index (χ2v) is 4.61. The third-order valence-electron chi connectivity index (χ3n) is 3.28. The molecule has 0 aromatic carbocycles. The van der Waals surface area contributed by atoms with Crippen LogP contribution in [0.1, 0.15) is 24.6 Å². The monoisotopic (exact) mass is 248 g/mol. The lowest BCUT2D eigenvalue weighted by molar-refractivity contribution is 0.211. The fraction of sp³-hybridized carbons (Fsp3) is 0.636. The molecule has 0 amide bonds. The van der Waals surface area contributed by atoms with Gasteiger partial charge in [-0.25, -0.2) is 4.98 Å². The Morgan fingerprint density at radius 3 is 3.17 bits per heavy atom. The van der Waals surface area contributed by atoms with Crippen LogP contribution in [0.15, 0.2) is 17.2 Å². The summed E-state index contributed by atoms with van der Waals surface area (Å²) in [6.07, 6.45) is 5.71. The maximum absolute atomic E-state index is 5.00. The van der Waals surface area contributed by atoms with Gasteiger partial charge in [0.1, 0.15) is 12.7 Å². The van der Waals surface area contributed by atoms with E-state index in [1.54, 1.807) is 12.7 Å². The molecule has 0 saturated carbocycles. The zero-order valence-corrected chi connectivity index (χ0v) is 10.4. The minimum absolute atomic E-state index is 0.477. The van der Waals surface area contributed by atoms with Crippen molar-refractivity contribution in [2.24, 2.45) is 0 Å². The number of aryl methyl sites for hydroxylation is 1. The first-order chi connectivity index (χ1) is 8.81. The maximum Gasteiger partial charge on any atom is 0.223 e. The lowest BCUT2D eigenvalue weighted by Crippen LogP contribution is -2.33. The van der Waals surface area contributed by atoms with Gasteiger partial charge in [-0.3, -0.25) is 9.58 Å². The Morgan fingerprint density at radius 1 is 1.50 bits per heavy atom. The van der Waals surface area contributed by atoms with Crippen LogP contribution in [0.3, 0.4) is 0 Å². The summed E-state index contributed by atoms with van der Waals surface area (Å²) in [5, 5.41) is 8.10. The highest BCUT2D eigenvalue weighted by atomic mass is 16.5. The van der Waals surface area contributed by atoms with Gasteiger partial charge in [0.15, 0.2) is 5.82 Å². The summed E-state index contributed by atoms with van der Waals surface area (Å²) in [5.41, 5.74) is 0. The van der Waals surface area contributed by atoms with Crippen molar-refractivity contribution in [3.63, 3.8) is 0 Å². The van der Waals surface area contributed by atoms with Gasteiger partial charge in [0, 0.05) is 13.0 Å². The van der Waals surface area contributed by atoms with E-state index in [9.17, 15) is 0 Å². The molecule has 2 aromatic heterocycles. The minimum atomic E-state index is 0.477. The summed E-state index contributed by atoms with van der Waals surface area (Å²) in [6, 6.07) is 0.477. The van der Waals surface area contributed by atoms with Crippen molar-refractivity contribution in [2.45, 2.75) is 38.9 Å². The number of hydrogen-bond donors (Lipinski definition) is 0. The van der Waals surface area contributed by atoms with Crippen LogP contribution < -0.4 is 0 Å². The first-order valence-electron chi connectivity index (χ1n) is 6.17. The number of likely N-dealkylation sites (tertiary alicyclic amines) is 1. The molecular formula is C11H16N6O. The largest absolute Gasteiger partial charge is 0.340 e. The van der Waals surface area contributed by atoms with E-state index in [0.717, 1.165) is 25.5 Å². The van der Waals surface area contributed by atoms with E-state index in [0.29, 0.717) is 11.9 Å². The van der Waals surface area contributed by atoms with Gasteiger partial charge in [0.05, 0.1) is 13.1 Å². The highest BCUT2D eigenvalue weighted by Crippen LogP contribution is 2.20. The normalized spacial score (nSPS) is 20.6. The number of nitrogens with zero attached hydrogens (tertiary/aromatic N) is 6. The summed E-state index contributed by atoms with van der Waals surface area (Å²) in [5.74, 6) is 1.38. The van der Waals surface area contributed by atoms with Gasteiger partial charge < -0.3 is 4.52 Å². The van der Waals surface area contributed by atoms with E-state index >= 15 is 0 Å². The molecule has 3 rings (SSSR count). The standard InChI is InChI=1S/C11H16N6O/c1-9-14-11(15-18-9)6-16-4-2-3-10(16)5-17-8-12-7-13-17/h7-8,10H,2-6H2,1H3/t10-/m1/s1. The Morgan fingerprint density at radius 2 is 2.44 bits per heavy atom. The van der Waals surface area contributed by atoms with Crippen molar-refractivity contribution in [3.05, 3.63) is 24.4 Å². The molecule has 0 aliphatic carbocycles. The molecule has 3 heterocycles. The average molecular weight is 248 g/mol. The van der Waals surface area contributed by atoms with Crippen LogP contribution >= 0.6 is 0 Å². The second-order valence-electron chi connectivity index (χ2n) is 4.61. The van der Waals surface area contributed by atoms with Crippen LogP contribution in [-0.2, 0) is 13.1 Å². The summed E-state index contributed by atoms with van der Waals surface area (Å²) in [6.45, 7) is 4.51. The Kier molecular flexibility index (Phi) is 3.06. The van der Waals surface area contributed by atoms with Crippen LogP contribution in [0.2, 0.25) is 0 Å². The van der Waals surface area contributed by atoms with Crippen molar-refractivity contribution < 1.29 is 4.52 Å². The van der Waals surface area contributed by atoms with Crippen molar-refractivity contribution in [1.29, 1.82) is 0 Å². The molecule has 1 aliphatic rings. The van der Waals surface area contributed by atoms with Crippen LogP contribution in [0.25, 0.3) is 0 Å². The van der Waals surface area contributed by atoms with Crippen molar-refractivity contribution in [3.8, 4) is 0 Å². The van der Waals surface area contributed by atoms with Crippen molar-refractivity contribution >= 4 is 0 Å². The molecule has 1 saturated heterocycles. The third kappa shape index (κ3) is 2.40. The molecule has 1 fully saturated rings.